The molecule has 0 aliphatic heterocycles. The van der Waals surface area contributed by atoms with Crippen LogP contribution in [0.15, 0.2) is 30.6 Å². The Balaban J connectivity index is 2.35. The molecule has 4 heteroatoms. The van der Waals surface area contributed by atoms with Gasteiger partial charge in [-0.2, -0.15) is 0 Å². The Hall–Kier alpha value is -2.10. The fourth-order valence-corrected chi connectivity index (χ4v) is 2.01. The van der Waals surface area contributed by atoms with E-state index < -0.39 is 0 Å². The van der Waals surface area contributed by atoms with Gasteiger partial charge in [0.2, 0.25) is 5.88 Å². The summed E-state index contributed by atoms with van der Waals surface area (Å²) in [6, 6.07) is 7.95. The van der Waals surface area contributed by atoms with Crippen molar-refractivity contribution in [3.63, 3.8) is 0 Å². The molecule has 2 aromatic rings. The first-order valence-corrected chi connectivity index (χ1v) is 6.95. The van der Waals surface area contributed by atoms with Gasteiger partial charge in [-0.3, -0.25) is 0 Å². The molecule has 106 valence electrons. The van der Waals surface area contributed by atoms with Crippen LogP contribution in [-0.2, 0) is 0 Å². The number of hydrogen-bond donors (Lipinski definition) is 1. The van der Waals surface area contributed by atoms with Crippen molar-refractivity contribution in [2.24, 2.45) is 0 Å². The van der Waals surface area contributed by atoms with Crippen molar-refractivity contribution in [2.45, 2.75) is 33.6 Å². The summed E-state index contributed by atoms with van der Waals surface area (Å²) < 4.78 is 5.92. The van der Waals surface area contributed by atoms with Crippen LogP contribution in [0.4, 0.5) is 5.82 Å². The van der Waals surface area contributed by atoms with Crippen LogP contribution >= 0.6 is 0 Å². The molecule has 0 bridgehead atoms. The van der Waals surface area contributed by atoms with Gasteiger partial charge in [0.25, 0.3) is 0 Å². The first-order chi connectivity index (χ1) is 9.61. The lowest BCUT2D eigenvalue weighted by molar-refractivity contribution is 0.451. The predicted octanol–water partition coefficient (Wildman–Crippen LogP) is 4.13. The smallest absolute Gasteiger partial charge is 0.227 e. The lowest BCUT2D eigenvalue weighted by atomic mass is 10.1. The summed E-state index contributed by atoms with van der Waals surface area (Å²) >= 11 is 0. The van der Waals surface area contributed by atoms with E-state index in [1.807, 2.05) is 31.2 Å². The van der Waals surface area contributed by atoms with Gasteiger partial charge in [-0.15, -0.1) is 0 Å². The average molecular weight is 271 g/mol. The molecule has 0 amide bonds. The van der Waals surface area contributed by atoms with E-state index in [0.717, 1.165) is 23.7 Å². The number of aromatic nitrogens is 2. The lowest BCUT2D eigenvalue weighted by Gasteiger charge is -2.16. The van der Waals surface area contributed by atoms with E-state index in [1.54, 1.807) is 0 Å². The van der Waals surface area contributed by atoms with Crippen LogP contribution in [0.5, 0.6) is 11.6 Å². The Morgan fingerprint density at radius 3 is 2.45 bits per heavy atom. The molecule has 20 heavy (non-hydrogen) atoms. The summed E-state index contributed by atoms with van der Waals surface area (Å²) in [6.45, 7) is 9.15. The van der Waals surface area contributed by atoms with E-state index in [1.165, 1.54) is 11.9 Å². The Labute approximate surface area is 120 Å². The second-order valence-corrected chi connectivity index (χ2v) is 5.04. The van der Waals surface area contributed by atoms with E-state index in [4.69, 9.17) is 4.74 Å². The molecule has 1 aromatic carbocycles. The third kappa shape index (κ3) is 3.26. The number of benzene rings is 1. The van der Waals surface area contributed by atoms with Gasteiger partial charge in [0.1, 0.15) is 17.9 Å². The van der Waals surface area contributed by atoms with Crippen molar-refractivity contribution < 1.29 is 4.74 Å². The minimum Gasteiger partial charge on any atom is -0.439 e. The third-order valence-electron chi connectivity index (χ3n) is 3.00. The zero-order chi connectivity index (χ0) is 14.5. The number of nitrogens with zero attached hydrogens (tertiary/aromatic N) is 2. The fraction of sp³-hybridized carbons (Fsp3) is 0.375. The number of hydrogen-bond acceptors (Lipinski definition) is 4. The van der Waals surface area contributed by atoms with Gasteiger partial charge in [-0.05, 0) is 31.9 Å². The molecule has 1 aromatic heterocycles. The minimum atomic E-state index is 0.283. The molecule has 0 unspecified atom stereocenters. The average Bonchev–Trinajstić information content (AvgIpc) is 2.41. The number of nitrogens with one attached hydrogen (secondary N) is 1. The number of aryl methyl sites for hydroxylation is 1. The van der Waals surface area contributed by atoms with Crippen LogP contribution in [0.25, 0.3) is 0 Å². The van der Waals surface area contributed by atoms with Crippen LogP contribution in [0.2, 0.25) is 0 Å². The molecular weight excluding hydrogens is 250 g/mol. The zero-order valence-electron chi connectivity index (χ0n) is 12.5. The van der Waals surface area contributed by atoms with Crippen molar-refractivity contribution in [1.29, 1.82) is 0 Å². The van der Waals surface area contributed by atoms with Gasteiger partial charge in [0, 0.05) is 6.54 Å². The molecule has 0 saturated heterocycles. The highest BCUT2D eigenvalue weighted by molar-refractivity contribution is 5.51. The Kier molecular flexibility index (Phi) is 4.56. The number of ether oxygens (including phenoxy) is 1. The van der Waals surface area contributed by atoms with Crippen molar-refractivity contribution in [3.05, 3.63) is 41.7 Å². The molecular formula is C16H21N3O. The van der Waals surface area contributed by atoms with Gasteiger partial charge in [0.05, 0.1) is 5.56 Å². The SMILES string of the molecule is CCNc1ncnc(Oc2ccc(C)cc2)c1C(C)C. The second kappa shape index (κ2) is 6.37. The van der Waals surface area contributed by atoms with Crippen molar-refractivity contribution in [2.75, 3.05) is 11.9 Å². The molecule has 1 heterocycles. The summed E-state index contributed by atoms with van der Waals surface area (Å²) in [4.78, 5) is 8.59. The number of anilines is 1. The first kappa shape index (κ1) is 14.3. The Bertz CT molecular complexity index is 564. The molecule has 2 rings (SSSR count). The molecule has 0 radical (unpaired) electrons. The van der Waals surface area contributed by atoms with Crippen LogP contribution in [-0.4, -0.2) is 16.5 Å². The van der Waals surface area contributed by atoms with Crippen LogP contribution < -0.4 is 10.1 Å². The zero-order valence-corrected chi connectivity index (χ0v) is 12.5. The van der Waals surface area contributed by atoms with Gasteiger partial charge < -0.3 is 10.1 Å². The summed E-state index contributed by atoms with van der Waals surface area (Å²) in [5, 5.41) is 3.26. The summed E-state index contributed by atoms with van der Waals surface area (Å²) in [7, 11) is 0. The molecule has 0 aliphatic carbocycles. The van der Waals surface area contributed by atoms with E-state index in [2.05, 4.69) is 36.1 Å². The van der Waals surface area contributed by atoms with Crippen LogP contribution in [0, 0.1) is 6.92 Å². The van der Waals surface area contributed by atoms with Gasteiger partial charge in [-0.25, -0.2) is 9.97 Å². The van der Waals surface area contributed by atoms with Crippen molar-refractivity contribution in [1.82, 2.24) is 9.97 Å². The van der Waals surface area contributed by atoms with E-state index >= 15 is 0 Å². The summed E-state index contributed by atoms with van der Waals surface area (Å²) in [5.74, 6) is 2.54. The molecule has 1 N–H and O–H groups in total. The Morgan fingerprint density at radius 1 is 1.15 bits per heavy atom. The van der Waals surface area contributed by atoms with Crippen LogP contribution in [0.1, 0.15) is 37.8 Å². The summed E-state index contributed by atoms with van der Waals surface area (Å²) in [5.41, 5.74) is 2.22. The third-order valence-corrected chi connectivity index (χ3v) is 3.00. The van der Waals surface area contributed by atoms with Crippen molar-refractivity contribution >= 4 is 5.82 Å². The maximum absolute atomic E-state index is 5.92. The highest BCUT2D eigenvalue weighted by Gasteiger charge is 2.16. The topological polar surface area (TPSA) is 47.0 Å². The highest BCUT2D eigenvalue weighted by Crippen LogP contribution is 2.32. The highest BCUT2D eigenvalue weighted by atomic mass is 16.5. The second-order valence-electron chi connectivity index (χ2n) is 5.04. The first-order valence-electron chi connectivity index (χ1n) is 6.95. The van der Waals surface area contributed by atoms with Crippen molar-refractivity contribution in [3.8, 4) is 11.6 Å². The van der Waals surface area contributed by atoms with E-state index in [9.17, 15) is 0 Å². The standard InChI is InChI=1S/C16H21N3O/c1-5-17-15-14(11(2)3)16(19-10-18-15)20-13-8-6-12(4)7-9-13/h6-11H,5H2,1-4H3,(H,17,18,19). The molecule has 0 aliphatic rings. The quantitative estimate of drug-likeness (QED) is 0.888. The Morgan fingerprint density at radius 2 is 1.85 bits per heavy atom. The minimum absolute atomic E-state index is 0.283. The molecule has 0 atom stereocenters. The normalized spacial score (nSPS) is 10.7. The maximum Gasteiger partial charge on any atom is 0.227 e. The fourth-order valence-electron chi connectivity index (χ4n) is 2.01. The van der Waals surface area contributed by atoms with Gasteiger partial charge >= 0.3 is 0 Å². The number of rotatable bonds is 5. The lowest BCUT2D eigenvalue weighted by Crippen LogP contribution is -2.07. The predicted molar refractivity (Wildman–Crippen MR) is 81.5 cm³/mol. The molecule has 0 fully saturated rings. The van der Waals surface area contributed by atoms with E-state index in [-0.39, 0.29) is 5.92 Å². The largest absolute Gasteiger partial charge is 0.439 e. The van der Waals surface area contributed by atoms with Gasteiger partial charge in [0.15, 0.2) is 0 Å². The van der Waals surface area contributed by atoms with E-state index in [0.29, 0.717) is 5.88 Å². The summed E-state index contributed by atoms with van der Waals surface area (Å²) in [6.07, 6.45) is 1.54. The monoisotopic (exact) mass is 271 g/mol. The molecule has 0 saturated carbocycles. The van der Waals surface area contributed by atoms with Crippen LogP contribution in [0.3, 0.4) is 0 Å². The molecule has 0 spiro atoms. The molecule has 4 nitrogen and oxygen atoms in total. The van der Waals surface area contributed by atoms with Gasteiger partial charge in [-0.1, -0.05) is 31.5 Å². The maximum atomic E-state index is 5.92.